The second-order valence-corrected chi connectivity index (χ2v) is 6.77. The average Bonchev–Trinajstić information content (AvgIpc) is 2.88. The highest BCUT2D eigenvalue weighted by molar-refractivity contribution is 6.42. The number of hydrogen-bond donors (Lipinski definition) is 2. The van der Waals surface area contributed by atoms with E-state index in [0.717, 1.165) is 0 Å². The molecule has 182 valence electrons. The van der Waals surface area contributed by atoms with E-state index in [1.807, 2.05) is 13.8 Å². The Labute approximate surface area is 198 Å². The molecule has 0 saturated carbocycles. The van der Waals surface area contributed by atoms with Crippen LogP contribution in [0.4, 0.5) is 0 Å². The molecule has 0 heterocycles. The van der Waals surface area contributed by atoms with Crippen LogP contribution in [0.2, 0.25) is 0 Å². The van der Waals surface area contributed by atoms with Crippen molar-refractivity contribution in [2.45, 2.75) is 26.7 Å². The number of carbonyl (C=O) groups is 2. The highest BCUT2D eigenvalue weighted by Crippen LogP contribution is 2.26. The predicted molar refractivity (Wildman–Crippen MR) is 129 cm³/mol. The van der Waals surface area contributed by atoms with Crippen LogP contribution in [0.3, 0.4) is 0 Å². The maximum Gasteiger partial charge on any atom is 0.277 e. The lowest BCUT2D eigenvalue weighted by Gasteiger charge is -2.11. The van der Waals surface area contributed by atoms with Crippen LogP contribution < -0.4 is 29.8 Å². The molecule has 0 unspecified atom stereocenters. The molecule has 2 aromatic rings. The molecule has 2 amide bonds. The SMILES string of the molecule is CCC(=N\NC(=O)COc1ccccc1OC)/C(CC)=N/NC(=O)COc1ccccc1OC. The highest BCUT2D eigenvalue weighted by Gasteiger charge is 2.11. The third kappa shape index (κ3) is 8.12. The maximum absolute atomic E-state index is 12.2. The lowest BCUT2D eigenvalue weighted by atomic mass is 10.1. The van der Waals surface area contributed by atoms with Gasteiger partial charge in [0, 0.05) is 0 Å². The largest absolute Gasteiger partial charge is 0.493 e. The van der Waals surface area contributed by atoms with Crippen molar-refractivity contribution in [2.75, 3.05) is 27.4 Å². The van der Waals surface area contributed by atoms with Gasteiger partial charge in [0.05, 0.1) is 25.6 Å². The molecule has 0 radical (unpaired) electrons. The zero-order chi connectivity index (χ0) is 24.8. The van der Waals surface area contributed by atoms with Gasteiger partial charge in [-0.15, -0.1) is 0 Å². The maximum atomic E-state index is 12.2. The zero-order valence-electron chi connectivity index (χ0n) is 19.8. The molecule has 0 aliphatic rings. The first kappa shape index (κ1) is 26.2. The standard InChI is InChI=1S/C24H30N4O6/c1-5-17(25-27-23(29)15-33-21-13-9-7-11-19(21)31-3)18(6-2)26-28-24(30)16-34-22-14-10-8-12-20(22)32-4/h7-14H,5-6,15-16H2,1-4H3,(H,27,29)(H,28,30)/b25-17+,26-18+. The number of ether oxygens (including phenoxy) is 4. The second kappa shape index (κ2) is 14.1. The van der Waals surface area contributed by atoms with Crippen molar-refractivity contribution in [2.24, 2.45) is 10.2 Å². The number of benzene rings is 2. The Kier molecular flexibility index (Phi) is 10.9. The molecule has 0 spiro atoms. The van der Waals surface area contributed by atoms with Crippen LogP contribution in [0.25, 0.3) is 0 Å². The normalized spacial score (nSPS) is 11.4. The average molecular weight is 471 g/mol. The van der Waals surface area contributed by atoms with E-state index in [2.05, 4.69) is 21.1 Å². The van der Waals surface area contributed by atoms with Gasteiger partial charge in [0.15, 0.2) is 36.2 Å². The summed E-state index contributed by atoms with van der Waals surface area (Å²) < 4.78 is 21.3. The molecule has 10 heteroatoms. The topological polar surface area (TPSA) is 120 Å². The number of amides is 2. The highest BCUT2D eigenvalue weighted by atomic mass is 16.5. The van der Waals surface area contributed by atoms with Gasteiger partial charge in [0.1, 0.15) is 0 Å². The van der Waals surface area contributed by atoms with Crippen molar-refractivity contribution in [3.8, 4) is 23.0 Å². The molecule has 0 fully saturated rings. The van der Waals surface area contributed by atoms with E-state index in [1.54, 1.807) is 48.5 Å². The number of methoxy groups -OCH3 is 2. The van der Waals surface area contributed by atoms with Crippen molar-refractivity contribution >= 4 is 23.2 Å². The van der Waals surface area contributed by atoms with Crippen molar-refractivity contribution in [1.82, 2.24) is 10.9 Å². The van der Waals surface area contributed by atoms with Crippen LogP contribution in [0, 0.1) is 0 Å². The van der Waals surface area contributed by atoms with Gasteiger partial charge in [-0.05, 0) is 37.1 Å². The fraction of sp³-hybridized carbons (Fsp3) is 0.333. The lowest BCUT2D eigenvalue weighted by molar-refractivity contribution is -0.123. The van der Waals surface area contributed by atoms with E-state index < -0.39 is 11.8 Å². The minimum atomic E-state index is -0.443. The Morgan fingerprint density at radius 1 is 0.676 bits per heavy atom. The van der Waals surface area contributed by atoms with Gasteiger partial charge in [-0.3, -0.25) is 9.59 Å². The molecule has 2 rings (SSSR count). The summed E-state index contributed by atoms with van der Waals surface area (Å²) in [5.74, 6) is 1.07. The van der Waals surface area contributed by atoms with Crippen LogP contribution in [-0.4, -0.2) is 50.7 Å². The van der Waals surface area contributed by atoms with Gasteiger partial charge in [-0.1, -0.05) is 38.1 Å². The Morgan fingerprint density at radius 2 is 1.03 bits per heavy atom. The van der Waals surface area contributed by atoms with Gasteiger partial charge >= 0.3 is 0 Å². The summed E-state index contributed by atoms with van der Waals surface area (Å²) in [7, 11) is 3.05. The third-order valence-corrected chi connectivity index (χ3v) is 4.49. The van der Waals surface area contributed by atoms with Gasteiger partial charge in [-0.2, -0.15) is 10.2 Å². The predicted octanol–water partition coefficient (Wildman–Crippen LogP) is 2.93. The van der Waals surface area contributed by atoms with E-state index in [4.69, 9.17) is 18.9 Å². The Hall–Kier alpha value is -4.08. The molecule has 2 N–H and O–H groups in total. The van der Waals surface area contributed by atoms with E-state index in [0.29, 0.717) is 47.3 Å². The quantitative estimate of drug-likeness (QED) is 0.343. The first-order valence-corrected chi connectivity index (χ1v) is 10.7. The molecule has 0 saturated heterocycles. The molecule has 2 aromatic carbocycles. The minimum absolute atomic E-state index is 0.240. The number of carbonyl (C=O) groups excluding carboxylic acids is 2. The van der Waals surface area contributed by atoms with Crippen molar-refractivity contribution < 1.29 is 28.5 Å². The number of para-hydroxylation sites is 4. The summed E-state index contributed by atoms with van der Waals surface area (Å²) in [6, 6.07) is 14.0. The molecular formula is C24H30N4O6. The van der Waals surface area contributed by atoms with Gasteiger partial charge in [-0.25, -0.2) is 10.9 Å². The summed E-state index contributed by atoms with van der Waals surface area (Å²) in [5, 5.41) is 8.28. The van der Waals surface area contributed by atoms with E-state index in [9.17, 15) is 9.59 Å². The first-order valence-electron chi connectivity index (χ1n) is 10.7. The fourth-order valence-electron chi connectivity index (χ4n) is 2.78. The molecule has 0 aromatic heterocycles. The number of rotatable bonds is 13. The third-order valence-electron chi connectivity index (χ3n) is 4.49. The Morgan fingerprint density at radius 3 is 1.35 bits per heavy atom. The summed E-state index contributed by atoms with van der Waals surface area (Å²) in [4.78, 5) is 24.3. The smallest absolute Gasteiger partial charge is 0.277 e. The number of nitrogens with one attached hydrogen (secondary N) is 2. The lowest BCUT2D eigenvalue weighted by Crippen LogP contribution is -2.30. The van der Waals surface area contributed by atoms with E-state index >= 15 is 0 Å². The number of hydrazone groups is 2. The Balaban J connectivity index is 1.90. The minimum Gasteiger partial charge on any atom is -0.493 e. The zero-order valence-corrected chi connectivity index (χ0v) is 19.8. The van der Waals surface area contributed by atoms with Crippen molar-refractivity contribution in [1.29, 1.82) is 0 Å². The van der Waals surface area contributed by atoms with Crippen molar-refractivity contribution in [3.05, 3.63) is 48.5 Å². The van der Waals surface area contributed by atoms with Crippen LogP contribution in [0.1, 0.15) is 26.7 Å². The molecule has 0 aliphatic heterocycles. The summed E-state index contributed by atoms with van der Waals surface area (Å²) in [5.41, 5.74) is 5.96. The molecule has 0 atom stereocenters. The van der Waals surface area contributed by atoms with Crippen LogP contribution >= 0.6 is 0 Å². The first-order chi connectivity index (χ1) is 16.5. The van der Waals surface area contributed by atoms with E-state index in [1.165, 1.54) is 14.2 Å². The Bertz CT molecular complexity index is 941. The number of hydrogen-bond acceptors (Lipinski definition) is 8. The number of nitrogens with zero attached hydrogens (tertiary/aromatic N) is 2. The van der Waals surface area contributed by atoms with Crippen molar-refractivity contribution in [3.63, 3.8) is 0 Å². The molecule has 34 heavy (non-hydrogen) atoms. The molecule has 0 bridgehead atoms. The van der Waals surface area contributed by atoms with Gasteiger partial charge in [0.25, 0.3) is 11.8 Å². The summed E-state index contributed by atoms with van der Waals surface area (Å²) >= 11 is 0. The molecular weight excluding hydrogens is 440 g/mol. The van der Waals surface area contributed by atoms with Crippen LogP contribution in [0.15, 0.2) is 58.7 Å². The van der Waals surface area contributed by atoms with E-state index in [-0.39, 0.29) is 13.2 Å². The van der Waals surface area contributed by atoms with Gasteiger partial charge < -0.3 is 18.9 Å². The molecule has 10 nitrogen and oxygen atoms in total. The van der Waals surface area contributed by atoms with Gasteiger partial charge in [0.2, 0.25) is 0 Å². The summed E-state index contributed by atoms with van der Waals surface area (Å²) in [6.07, 6.45) is 0.988. The summed E-state index contributed by atoms with van der Waals surface area (Å²) in [6.45, 7) is 3.26. The monoisotopic (exact) mass is 470 g/mol. The van der Waals surface area contributed by atoms with Crippen LogP contribution in [0.5, 0.6) is 23.0 Å². The molecule has 0 aliphatic carbocycles. The fourth-order valence-corrected chi connectivity index (χ4v) is 2.78. The second-order valence-electron chi connectivity index (χ2n) is 6.77. The van der Waals surface area contributed by atoms with Crippen LogP contribution in [-0.2, 0) is 9.59 Å².